The molecule has 1 fully saturated rings. The van der Waals surface area contributed by atoms with Gasteiger partial charge in [0.1, 0.15) is 5.82 Å². The minimum absolute atomic E-state index is 0.290. The molecule has 3 rings (SSSR count). The maximum atomic E-state index is 13.6. The fraction of sp³-hybridized carbons (Fsp3) is 0.462. The summed E-state index contributed by atoms with van der Waals surface area (Å²) < 4.78 is 15.5. The van der Waals surface area contributed by atoms with Gasteiger partial charge in [-0.15, -0.1) is 5.10 Å². The lowest BCUT2D eigenvalue weighted by molar-refractivity contribution is 0.272. The van der Waals surface area contributed by atoms with E-state index in [1.807, 2.05) is 4.68 Å². The van der Waals surface area contributed by atoms with Gasteiger partial charge >= 0.3 is 0 Å². The maximum Gasteiger partial charge on any atom is 0.214 e. The Labute approximate surface area is 120 Å². The van der Waals surface area contributed by atoms with E-state index >= 15 is 0 Å². The van der Waals surface area contributed by atoms with E-state index in [0.29, 0.717) is 21.7 Å². The van der Waals surface area contributed by atoms with Gasteiger partial charge in [-0.3, -0.25) is 0 Å². The highest BCUT2D eigenvalue weighted by molar-refractivity contribution is 7.99. The van der Waals surface area contributed by atoms with Crippen molar-refractivity contribution in [2.24, 2.45) is 0 Å². The summed E-state index contributed by atoms with van der Waals surface area (Å²) in [6, 6.07) is 5.07. The number of tetrazole rings is 1. The van der Waals surface area contributed by atoms with E-state index in [9.17, 15) is 9.50 Å². The Morgan fingerprint density at radius 3 is 2.90 bits per heavy atom. The van der Waals surface area contributed by atoms with E-state index in [2.05, 4.69) is 15.5 Å². The molecule has 0 atom stereocenters. The Hall–Kier alpha value is -1.47. The van der Waals surface area contributed by atoms with Crippen LogP contribution < -0.4 is 0 Å². The fourth-order valence-electron chi connectivity index (χ4n) is 2.52. The largest absolute Gasteiger partial charge is 0.392 e. The van der Waals surface area contributed by atoms with Gasteiger partial charge in [-0.1, -0.05) is 18.9 Å². The van der Waals surface area contributed by atoms with Crippen LogP contribution in [0.25, 0.3) is 0 Å². The monoisotopic (exact) mass is 294 g/mol. The second kappa shape index (κ2) is 5.88. The first kappa shape index (κ1) is 13.5. The zero-order valence-corrected chi connectivity index (χ0v) is 11.7. The standard InChI is InChI=1S/C13H15FN4OS/c14-11-6-3-7-12(10(11)8-19)20-13-15-16-17-18(13)9-4-1-2-5-9/h3,6-7,9,19H,1-2,4-5,8H2. The van der Waals surface area contributed by atoms with Crippen molar-refractivity contribution in [3.8, 4) is 0 Å². The van der Waals surface area contributed by atoms with E-state index in [4.69, 9.17) is 0 Å². The smallest absolute Gasteiger partial charge is 0.214 e. The lowest BCUT2D eigenvalue weighted by atomic mass is 10.2. The van der Waals surface area contributed by atoms with Crippen molar-refractivity contribution in [3.05, 3.63) is 29.6 Å². The van der Waals surface area contributed by atoms with Gasteiger partial charge in [0.2, 0.25) is 5.16 Å². The first-order valence-electron chi connectivity index (χ1n) is 6.63. The number of benzene rings is 1. The number of aliphatic hydroxyl groups excluding tert-OH is 1. The van der Waals surface area contributed by atoms with Crippen molar-refractivity contribution < 1.29 is 9.50 Å². The summed E-state index contributed by atoms with van der Waals surface area (Å²) in [6.45, 7) is -0.333. The van der Waals surface area contributed by atoms with Crippen molar-refractivity contribution in [1.29, 1.82) is 0 Å². The lowest BCUT2D eigenvalue weighted by Crippen LogP contribution is -2.08. The number of hydrogen-bond donors (Lipinski definition) is 1. The molecule has 20 heavy (non-hydrogen) atoms. The molecular weight excluding hydrogens is 279 g/mol. The molecule has 1 aromatic carbocycles. The molecule has 0 aliphatic heterocycles. The van der Waals surface area contributed by atoms with E-state index in [1.54, 1.807) is 12.1 Å². The van der Waals surface area contributed by atoms with E-state index in [1.165, 1.54) is 30.7 Å². The average Bonchev–Trinajstić information content (AvgIpc) is 3.09. The topological polar surface area (TPSA) is 63.8 Å². The minimum atomic E-state index is -0.405. The Bertz CT molecular complexity index is 598. The Morgan fingerprint density at radius 1 is 1.35 bits per heavy atom. The van der Waals surface area contributed by atoms with Gasteiger partial charge in [0.15, 0.2) is 0 Å². The summed E-state index contributed by atoms with van der Waals surface area (Å²) in [5.74, 6) is -0.405. The molecule has 1 saturated carbocycles. The molecule has 0 bridgehead atoms. The molecule has 2 aromatic rings. The summed E-state index contributed by atoms with van der Waals surface area (Å²) in [5.41, 5.74) is 0.290. The quantitative estimate of drug-likeness (QED) is 0.939. The average molecular weight is 294 g/mol. The zero-order valence-electron chi connectivity index (χ0n) is 10.9. The van der Waals surface area contributed by atoms with Crippen LogP contribution in [0.2, 0.25) is 0 Å². The molecule has 1 heterocycles. The number of hydrogen-bond acceptors (Lipinski definition) is 5. The highest BCUT2D eigenvalue weighted by Crippen LogP contribution is 2.35. The van der Waals surface area contributed by atoms with Crippen molar-refractivity contribution in [2.45, 2.75) is 48.4 Å². The van der Waals surface area contributed by atoms with Gasteiger partial charge in [0.25, 0.3) is 0 Å². The molecule has 1 aliphatic carbocycles. The normalized spacial score (nSPS) is 15.9. The lowest BCUT2D eigenvalue weighted by Gasteiger charge is -2.12. The molecule has 7 heteroatoms. The van der Waals surface area contributed by atoms with Gasteiger partial charge in [-0.25, -0.2) is 9.07 Å². The minimum Gasteiger partial charge on any atom is -0.392 e. The van der Waals surface area contributed by atoms with Gasteiger partial charge in [-0.05, 0) is 47.2 Å². The Morgan fingerprint density at radius 2 is 2.15 bits per heavy atom. The summed E-state index contributed by atoms with van der Waals surface area (Å²) >= 11 is 1.30. The molecule has 0 radical (unpaired) electrons. The first-order chi connectivity index (χ1) is 9.79. The van der Waals surface area contributed by atoms with E-state index in [0.717, 1.165) is 12.8 Å². The van der Waals surface area contributed by atoms with Crippen LogP contribution in [0.3, 0.4) is 0 Å². The predicted octanol–water partition coefficient (Wildman–Crippen LogP) is 2.57. The SMILES string of the molecule is OCc1c(F)cccc1Sc1nnnn1C1CCCC1. The van der Waals surface area contributed by atoms with Crippen LogP contribution in [0, 0.1) is 5.82 Å². The highest BCUT2D eigenvalue weighted by Gasteiger charge is 2.22. The number of rotatable bonds is 4. The molecular formula is C13H15FN4OS. The summed E-state index contributed by atoms with van der Waals surface area (Å²) in [4.78, 5) is 0.654. The second-order valence-corrected chi connectivity index (χ2v) is 5.83. The third kappa shape index (κ3) is 2.55. The molecule has 1 aromatic heterocycles. The molecule has 1 N–H and O–H groups in total. The first-order valence-corrected chi connectivity index (χ1v) is 7.45. The van der Waals surface area contributed by atoms with Crippen molar-refractivity contribution in [2.75, 3.05) is 0 Å². The number of aliphatic hydroxyl groups is 1. The van der Waals surface area contributed by atoms with E-state index < -0.39 is 5.82 Å². The summed E-state index contributed by atoms with van der Waals surface area (Å²) in [5, 5.41) is 21.7. The van der Waals surface area contributed by atoms with Gasteiger partial charge in [-0.2, -0.15) is 0 Å². The fourth-order valence-corrected chi connectivity index (χ4v) is 3.50. The van der Waals surface area contributed by atoms with Crippen LogP contribution in [0.4, 0.5) is 4.39 Å². The van der Waals surface area contributed by atoms with Gasteiger partial charge in [0, 0.05) is 10.5 Å². The van der Waals surface area contributed by atoms with Crippen LogP contribution in [-0.2, 0) is 6.61 Å². The van der Waals surface area contributed by atoms with Gasteiger partial charge in [0.05, 0.1) is 12.6 Å². The summed E-state index contributed by atoms with van der Waals surface area (Å²) in [6.07, 6.45) is 4.54. The predicted molar refractivity (Wildman–Crippen MR) is 71.8 cm³/mol. The Kier molecular flexibility index (Phi) is 3.98. The van der Waals surface area contributed by atoms with Crippen molar-refractivity contribution >= 4 is 11.8 Å². The maximum absolute atomic E-state index is 13.6. The van der Waals surface area contributed by atoms with Crippen molar-refractivity contribution in [1.82, 2.24) is 20.2 Å². The van der Waals surface area contributed by atoms with Crippen LogP contribution >= 0.6 is 11.8 Å². The van der Waals surface area contributed by atoms with Crippen LogP contribution in [-0.4, -0.2) is 25.3 Å². The molecule has 1 aliphatic rings. The third-order valence-corrected chi connectivity index (χ3v) is 4.62. The molecule has 0 unspecified atom stereocenters. The second-order valence-electron chi connectivity index (χ2n) is 4.82. The molecule has 0 spiro atoms. The number of nitrogens with zero attached hydrogens (tertiary/aromatic N) is 4. The van der Waals surface area contributed by atoms with Gasteiger partial charge < -0.3 is 5.11 Å². The molecule has 5 nitrogen and oxygen atoms in total. The zero-order chi connectivity index (χ0) is 13.9. The highest BCUT2D eigenvalue weighted by atomic mass is 32.2. The molecule has 0 amide bonds. The van der Waals surface area contributed by atoms with Crippen LogP contribution in [0.5, 0.6) is 0 Å². The molecule has 0 saturated heterocycles. The third-order valence-electron chi connectivity index (χ3n) is 3.57. The molecule has 106 valence electrons. The van der Waals surface area contributed by atoms with Crippen molar-refractivity contribution in [3.63, 3.8) is 0 Å². The number of aromatic nitrogens is 4. The Balaban J connectivity index is 1.88. The van der Waals surface area contributed by atoms with E-state index in [-0.39, 0.29) is 6.61 Å². The number of halogens is 1. The van der Waals surface area contributed by atoms with Crippen LogP contribution in [0.15, 0.2) is 28.3 Å². The van der Waals surface area contributed by atoms with Crippen LogP contribution in [0.1, 0.15) is 37.3 Å². The summed E-state index contributed by atoms with van der Waals surface area (Å²) in [7, 11) is 0.